The number of carbonyl (C=O) groups excluding carboxylic acids is 1. The highest BCUT2D eigenvalue weighted by atomic mass is 19.4. The van der Waals surface area contributed by atoms with E-state index in [2.05, 4.69) is 15.6 Å². The van der Waals surface area contributed by atoms with Gasteiger partial charge in [0.2, 0.25) is 0 Å². The molecule has 4 rings (SSSR count). The summed E-state index contributed by atoms with van der Waals surface area (Å²) in [6.45, 7) is 1.13. The summed E-state index contributed by atoms with van der Waals surface area (Å²) in [5.74, 6) is -0.864. The predicted molar refractivity (Wildman–Crippen MR) is 142 cm³/mol. The van der Waals surface area contributed by atoms with Crippen molar-refractivity contribution in [2.75, 3.05) is 25.0 Å². The van der Waals surface area contributed by atoms with E-state index in [0.29, 0.717) is 37.2 Å². The summed E-state index contributed by atoms with van der Waals surface area (Å²) in [7, 11) is 0. The molecule has 0 radical (unpaired) electrons. The molecule has 4 N–H and O–H groups in total. The Bertz CT molecular complexity index is 1450. The lowest BCUT2D eigenvalue weighted by atomic mass is 9.95. The van der Waals surface area contributed by atoms with Gasteiger partial charge in [-0.15, -0.1) is 0 Å². The molecule has 12 heteroatoms. The summed E-state index contributed by atoms with van der Waals surface area (Å²) >= 11 is 0. The van der Waals surface area contributed by atoms with E-state index < -0.39 is 41.0 Å². The van der Waals surface area contributed by atoms with E-state index in [4.69, 9.17) is 0 Å². The van der Waals surface area contributed by atoms with Gasteiger partial charge in [0.25, 0.3) is 0 Å². The van der Waals surface area contributed by atoms with E-state index in [9.17, 15) is 35.5 Å². The summed E-state index contributed by atoms with van der Waals surface area (Å²) in [5, 5.41) is 8.98. The van der Waals surface area contributed by atoms with E-state index in [0.717, 1.165) is 22.9 Å². The standard InChI is InChI=1S/C29H27F7N4O/c30-23-5-3-4-18(12-23)19(8-10-37-11-9-20-17-38-26-7-2-1-6-25(20)26)16-39-27(41)40-24-14-21(28(31,32)33)13-22(15-24)29(34,35)36/h1-7,12-15,17,19,37-38H,8-11,16H2,(H2,39,40,41). The number of para-hydroxylation sites is 1. The summed E-state index contributed by atoms with van der Waals surface area (Å²) in [6.07, 6.45) is -6.91. The highest BCUT2D eigenvalue weighted by Gasteiger charge is 2.37. The summed E-state index contributed by atoms with van der Waals surface area (Å²) in [4.78, 5) is 15.7. The average Bonchev–Trinajstić information content (AvgIpc) is 3.32. The zero-order chi connectivity index (χ0) is 29.6. The van der Waals surface area contributed by atoms with Crippen LogP contribution in [-0.2, 0) is 18.8 Å². The maximum absolute atomic E-state index is 13.9. The Kier molecular flexibility index (Phi) is 9.21. The normalized spacial score (nSPS) is 12.9. The van der Waals surface area contributed by atoms with Crippen LogP contribution in [0.15, 0.2) is 72.9 Å². The molecule has 3 aromatic carbocycles. The number of anilines is 1. The molecular weight excluding hydrogens is 553 g/mol. The van der Waals surface area contributed by atoms with Crippen LogP contribution in [0.3, 0.4) is 0 Å². The van der Waals surface area contributed by atoms with Crippen molar-refractivity contribution < 1.29 is 35.5 Å². The topological polar surface area (TPSA) is 69.0 Å². The van der Waals surface area contributed by atoms with Crippen molar-refractivity contribution in [3.8, 4) is 0 Å². The highest BCUT2D eigenvalue weighted by Crippen LogP contribution is 2.37. The molecule has 5 nitrogen and oxygen atoms in total. The Morgan fingerprint density at radius 2 is 1.56 bits per heavy atom. The minimum absolute atomic E-state index is 0.0193. The first-order valence-electron chi connectivity index (χ1n) is 12.8. The van der Waals surface area contributed by atoms with Crippen molar-refractivity contribution in [3.63, 3.8) is 0 Å². The summed E-state index contributed by atoms with van der Waals surface area (Å²) in [5.41, 5.74) is -0.972. The molecule has 0 fully saturated rings. The highest BCUT2D eigenvalue weighted by molar-refractivity contribution is 5.89. The Morgan fingerprint density at radius 1 is 0.854 bits per heavy atom. The molecule has 41 heavy (non-hydrogen) atoms. The fourth-order valence-electron chi connectivity index (χ4n) is 4.53. The summed E-state index contributed by atoms with van der Waals surface area (Å²) < 4.78 is 92.7. The fourth-order valence-corrected chi connectivity index (χ4v) is 4.53. The smallest absolute Gasteiger partial charge is 0.361 e. The Labute approximate surface area is 231 Å². The van der Waals surface area contributed by atoms with Crippen LogP contribution < -0.4 is 16.0 Å². The van der Waals surface area contributed by atoms with Gasteiger partial charge in [0.15, 0.2) is 0 Å². The van der Waals surface area contributed by atoms with Gasteiger partial charge in [-0.1, -0.05) is 30.3 Å². The number of benzene rings is 3. The largest absolute Gasteiger partial charge is 0.416 e. The summed E-state index contributed by atoms with van der Waals surface area (Å²) in [6, 6.07) is 13.6. The SMILES string of the molecule is O=C(NCC(CCNCCc1c[nH]c2ccccc12)c1cccc(F)c1)Nc1cc(C(F)(F)F)cc(C(F)(F)F)c1. The number of fused-ring (bicyclic) bond motifs is 1. The van der Waals surface area contributed by atoms with E-state index in [1.807, 2.05) is 35.8 Å². The second-order valence-corrected chi connectivity index (χ2v) is 9.53. The lowest BCUT2D eigenvalue weighted by molar-refractivity contribution is -0.143. The van der Waals surface area contributed by atoms with Gasteiger partial charge < -0.3 is 20.9 Å². The van der Waals surface area contributed by atoms with Gasteiger partial charge in [-0.05, 0) is 73.5 Å². The van der Waals surface area contributed by atoms with Gasteiger partial charge in [0.05, 0.1) is 11.1 Å². The molecule has 0 aliphatic carbocycles. The van der Waals surface area contributed by atoms with E-state index in [1.54, 1.807) is 6.07 Å². The molecule has 0 saturated heterocycles. The van der Waals surface area contributed by atoms with Crippen molar-refractivity contribution in [2.45, 2.75) is 31.1 Å². The molecule has 0 aliphatic rings. The number of hydrogen-bond acceptors (Lipinski definition) is 2. The van der Waals surface area contributed by atoms with Gasteiger partial charge in [0, 0.05) is 35.2 Å². The lowest BCUT2D eigenvalue weighted by Crippen LogP contribution is -2.33. The number of nitrogens with one attached hydrogen (secondary N) is 4. The Hall–Kier alpha value is -4.06. The third-order valence-corrected chi connectivity index (χ3v) is 6.59. The maximum atomic E-state index is 13.9. The molecule has 4 aromatic rings. The second kappa shape index (κ2) is 12.6. The monoisotopic (exact) mass is 580 g/mol. The van der Waals surface area contributed by atoms with Crippen molar-refractivity contribution in [3.05, 3.63) is 101 Å². The van der Waals surface area contributed by atoms with Crippen molar-refractivity contribution >= 4 is 22.6 Å². The van der Waals surface area contributed by atoms with Crippen LogP contribution in [0.25, 0.3) is 10.9 Å². The third kappa shape index (κ3) is 8.23. The molecular formula is C29H27F7N4O. The number of rotatable bonds is 10. The molecule has 1 heterocycles. The Balaban J connectivity index is 1.36. The number of aromatic amines is 1. The number of alkyl halides is 6. The predicted octanol–water partition coefficient (Wildman–Crippen LogP) is 7.47. The number of amides is 2. The number of carbonyl (C=O) groups is 1. The first-order valence-corrected chi connectivity index (χ1v) is 12.8. The maximum Gasteiger partial charge on any atom is 0.416 e. The number of aromatic nitrogens is 1. The number of urea groups is 1. The van der Waals surface area contributed by atoms with E-state index >= 15 is 0 Å². The number of H-pyrrole nitrogens is 1. The molecule has 218 valence electrons. The second-order valence-electron chi connectivity index (χ2n) is 9.53. The van der Waals surface area contributed by atoms with Crippen LogP contribution in [0.1, 0.15) is 34.6 Å². The molecule has 2 amide bonds. The van der Waals surface area contributed by atoms with Gasteiger partial charge in [0.1, 0.15) is 5.82 Å². The molecule has 1 unspecified atom stereocenters. The van der Waals surface area contributed by atoms with Crippen LogP contribution in [0.2, 0.25) is 0 Å². The number of hydrogen-bond donors (Lipinski definition) is 4. The van der Waals surface area contributed by atoms with Crippen LogP contribution in [-0.4, -0.2) is 30.6 Å². The van der Waals surface area contributed by atoms with E-state index in [-0.39, 0.29) is 18.5 Å². The molecule has 0 spiro atoms. The van der Waals surface area contributed by atoms with Gasteiger partial charge in [-0.2, -0.15) is 26.3 Å². The first-order chi connectivity index (χ1) is 19.4. The zero-order valence-corrected chi connectivity index (χ0v) is 21.6. The van der Waals surface area contributed by atoms with Crippen LogP contribution in [0.5, 0.6) is 0 Å². The number of halogens is 7. The zero-order valence-electron chi connectivity index (χ0n) is 21.6. The van der Waals surface area contributed by atoms with E-state index in [1.165, 1.54) is 18.2 Å². The fraction of sp³-hybridized carbons (Fsp3) is 0.276. The molecule has 0 bridgehead atoms. The van der Waals surface area contributed by atoms with Crippen LogP contribution >= 0.6 is 0 Å². The molecule has 1 atom stereocenters. The first kappa shape index (κ1) is 29.9. The minimum Gasteiger partial charge on any atom is -0.361 e. The van der Waals surface area contributed by atoms with Gasteiger partial charge in [-0.25, -0.2) is 9.18 Å². The van der Waals surface area contributed by atoms with Gasteiger partial charge >= 0.3 is 18.4 Å². The average molecular weight is 581 g/mol. The van der Waals surface area contributed by atoms with Crippen molar-refractivity contribution in [1.82, 2.24) is 15.6 Å². The molecule has 0 saturated carbocycles. The van der Waals surface area contributed by atoms with Crippen molar-refractivity contribution in [1.29, 1.82) is 0 Å². The third-order valence-electron chi connectivity index (χ3n) is 6.59. The van der Waals surface area contributed by atoms with Crippen LogP contribution in [0.4, 0.5) is 41.2 Å². The van der Waals surface area contributed by atoms with Crippen molar-refractivity contribution in [2.24, 2.45) is 0 Å². The molecule has 0 aliphatic heterocycles. The minimum atomic E-state index is -5.04. The van der Waals surface area contributed by atoms with Crippen LogP contribution in [0, 0.1) is 5.82 Å². The van der Waals surface area contributed by atoms with Gasteiger partial charge in [-0.3, -0.25) is 0 Å². The quantitative estimate of drug-likeness (QED) is 0.116. The molecule has 1 aromatic heterocycles. The Morgan fingerprint density at radius 3 is 2.24 bits per heavy atom. The lowest BCUT2D eigenvalue weighted by Gasteiger charge is -2.19.